The molecule has 0 amide bonds. The molecule has 1 aliphatic heterocycles. The van der Waals surface area contributed by atoms with Crippen molar-refractivity contribution in [2.24, 2.45) is 0 Å². The van der Waals surface area contributed by atoms with Crippen LogP contribution in [0.5, 0.6) is 0 Å². The van der Waals surface area contributed by atoms with Crippen molar-refractivity contribution >= 4 is 5.97 Å². The number of nitrogens with one attached hydrogen (secondary N) is 1. The van der Waals surface area contributed by atoms with Crippen molar-refractivity contribution in [3.63, 3.8) is 0 Å². The molecule has 0 radical (unpaired) electrons. The summed E-state index contributed by atoms with van der Waals surface area (Å²) in [5.41, 5.74) is 6.99. The van der Waals surface area contributed by atoms with Crippen LogP contribution in [0.25, 0.3) is 11.4 Å². The summed E-state index contributed by atoms with van der Waals surface area (Å²) in [6, 6.07) is 11.3. The number of fused-ring (bicyclic) bond motifs is 1. The number of rotatable bonds is 6. The van der Waals surface area contributed by atoms with E-state index < -0.39 is 6.10 Å². The first-order valence-corrected chi connectivity index (χ1v) is 9.98. The Balaban J connectivity index is 1.37. The number of aliphatic hydroxyl groups is 1. The summed E-state index contributed by atoms with van der Waals surface area (Å²) in [7, 11) is 0. The predicted octanol–water partition coefficient (Wildman–Crippen LogP) is 3.13. The Morgan fingerprint density at radius 3 is 2.71 bits per heavy atom. The number of benzene rings is 1. The van der Waals surface area contributed by atoms with Crippen LogP contribution in [0.15, 0.2) is 42.7 Å². The minimum atomic E-state index is -0.695. The minimum absolute atomic E-state index is 0.264. The average molecular weight is 414 g/mol. The summed E-state index contributed by atoms with van der Waals surface area (Å²) in [6.45, 7) is 4.96. The lowest BCUT2D eigenvalue weighted by molar-refractivity contribution is 0.0535. The quantitative estimate of drug-likeness (QED) is 0.597. The van der Waals surface area contributed by atoms with E-state index in [0.29, 0.717) is 24.2 Å². The fraction of sp³-hybridized carbons (Fsp3) is 0.250. The summed E-state index contributed by atoms with van der Waals surface area (Å²) < 4.78 is 5.08. The molecule has 0 spiro atoms. The molecule has 1 aromatic carbocycles. The Morgan fingerprint density at radius 1 is 1.19 bits per heavy atom. The third-order valence-corrected chi connectivity index (χ3v) is 5.55. The zero-order valence-electron chi connectivity index (χ0n) is 17.3. The number of carbonyl (C=O) groups is 1. The fourth-order valence-corrected chi connectivity index (χ4v) is 3.69. The van der Waals surface area contributed by atoms with E-state index in [1.807, 2.05) is 32.0 Å². The lowest BCUT2D eigenvalue weighted by Crippen LogP contribution is -2.22. The number of ether oxygens (including phenoxy) is 1. The Bertz CT molecular complexity index is 1180. The molecule has 7 nitrogen and oxygen atoms in total. The van der Waals surface area contributed by atoms with Crippen molar-refractivity contribution in [1.29, 1.82) is 5.26 Å². The molecule has 4 rings (SSSR count). The van der Waals surface area contributed by atoms with Crippen LogP contribution in [0, 0.1) is 25.2 Å². The van der Waals surface area contributed by atoms with E-state index in [1.54, 1.807) is 24.5 Å². The standard InChI is InChI=1S/C24H22N4O3/c1-14-7-22(28-11-17(14)8-25)21-6-3-16(10-27-21)9-26-12-23(29)18-4-5-19-20(15(18)2)13-31-24(19)30/h3-7,10-11,23,26,29H,9,12-13H2,1-2H3. The van der Waals surface area contributed by atoms with Gasteiger partial charge in [-0.05, 0) is 54.3 Å². The van der Waals surface area contributed by atoms with Crippen molar-refractivity contribution in [3.05, 3.63) is 81.7 Å². The molecule has 1 aliphatic rings. The van der Waals surface area contributed by atoms with E-state index in [-0.39, 0.29) is 12.6 Å². The van der Waals surface area contributed by atoms with Crippen LogP contribution in [0.3, 0.4) is 0 Å². The molecule has 3 aromatic rings. The Kier molecular flexibility index (Phi) is 5.76. The molecular formula is C24H22N4O3. The van der Waals surface area contributed by atoms with Gasteiger partial charge in [0.05, 0.1) is 28.6 Å². The molecule has 3 heterocycles. The summed E-state index contributed by atoms with van der Waals surface area (Å²) in [5, 5.41) is 22.9. The van der Waals surface area contributed by atoms with Gasteiger partial charge in [0.2, 0.25) is 0 Å². The van der Waals surface area contributed by atoms with Crippen LogP contribution in [0.4, 0.5) is 0 Å². The first-order valence-electron chi connectivity index (χ1n) is 9.98. The highest BCUT2D eigenvalue weighted by Crippen LogP contribution is 2.29. The second kappa shape index (κ2) is 8.64. The van der Waals surface area contributed by atoms with Gasteiger partial charge in [-0.2, -0.15) is 5.26 Å². The molecule has 0 fully saturated rings. The van der Waals surface area contributed by atoms with Gasteiger partial charge in [-0.1, -0.05) is 12.1 Å². The van der Waals surface area contributed by atoms with Crippen molar-refractivity contribution < 1.29 is 14.6 Å². The number of hydrogen-bond acceptors (Lipinski definition) is 7. The van der Waals surface area contributed by atoms with Gasteiger partial charge in [0.1, 0.15) is 12.7 Å². The second-order valence-electron chi connectivity index (χ2n) is 7.58. The molecule has 1 atom stereocenters. The van der Waals surface area contributed by atoms with Gasteiger partial charge in [0, 0.05) is 31.0 Å². The molecule has 0 aliphatic carbocycles. The number of carbonyl (C=O) groups excluding carboxylic acids is 1. The molecule has 0 bridgehead atoms. The molecule has 2 aromatic heterocycles. The minimum Gasteiger partial charge on any atom is -0.457 e. The third-order valence-electron chi connectivity index (χ3n) is 5.55. The summed E-state index contributed by atoms with van der Waals surface area (Å²) in [4.78, 5) is 20.4. The normalized spacial score (nSPS) is 13.4. The number of nitriles is 1. The molecule has 0 saturated heterocycles. The maximum Gasteiger partial charge on any atom is 0.338 e. The summed E-state index contributed by atoms with van der Waals surface area (Å²) in [5.74, 6) is -0.306. The van der Waals surface area contributed by atoms with Gasteiger partial charge in [-0.25, -0.2) is 4.79 Å². The van der Waals surface area contributed by atoms with Crippen LogP contribution in [0.2, 0.25) is 0 Å². The van der Waals surface area contributed by atoms with E-state index in [0.717, 1.165) is 39.2 Å². The second-order valence-corrected chi connectivity index (χ2v) is 7.58. The highest BCUT2D eigenvalue weighted by Gasteiger charge is 2.25. The monoisotopic (exact) mass is 414 g/mol. The van der Waals surface area contributed by atoms with Gasteiger partial charge >= 0.3 is 5.97 Å². The summed E-state index contributed by atoms with van der Waals surface area (Å²) in [6.07, 6.45) is 2.64. The lowest BCUT2D eigenvalue weighted by Gasteiger charge is -2.16. The fourth-order valence-electron chi connectivity index (χ4n) is 3.69. The van der Waals surface area contributed by atoms with Crippen molar-refractivity contribution in [2.45, 2.75) is 33.1 Å². The highest BCUT2D eigenvalue weighted by atomic mass is 16.5. The van der Waals surface area contributed by atoms with Crippen LogP contribution in [-0.4, -0.2) is 27.6 Å². The Morgan fingerprint density at radius 2 is 2.00 bits per heavy atom. The van der Waals surface area contributed by atoms with Crippen LogP contribution >= 0.6 is 0 Å². The first-order chi connectivity index (χ1) is 15.0. The van der Waals surface area contributed by atoms with E-state index in [9.17, 15) is 9.90 Å². The van der Waals surface area contributed by atoms with Gasteiger partial charge < -0.3 is 15.2 Å². The molecule has 0 saturated carbocycles. The zero-order valence-corrected chi connectivity index (χ0v) is 17.3. The topological polar surface area (TPSA) is 108 Å². The third kappa shape index (κ3) is 4.17. The van der Waals surface area contributed by atoms with Gasteiger partial charge in [0.25, 0.3) is 0 Å². The maximum absolute atomic E-state index is 11.7. The number of pyridine rings is 2. The molecule has 156 valence electrons. The number of aryl methyl sites for hydroxylation is 1. The van der Waals surface area contributed by atoms with Crippen LogP contribution in [0.1, 0.15) is 49.8 Å². The van der Waals surface area contributed by atoms with Gasteiger partial charge in [-0.15, -0.1) is 0 Å². The SMILES string of the molecule is Cc1cc(-c2ccc(CNCC(O)c3ccc4c(c3C)COC4=O)cn2)ncc1C#N. The maximum atomic E-state index is 11.7. The van der Waals surface area contributed by atoms with Crippen molar-refractivity contribution in [3.8, 4) is 17.5 Å². The smallest absolute Gasteiger partial charge is 0.338 e. The average Bonchev–Trinajstić information content (AvgIpc) is 3.16. The van der Waals surface area contributed by atoms with E-state index in [2.05, 4.69) is 21.4 Å². The number of esters is 1. The lowest BCUT2D eigenvalue weighted by atomic mass is 9.95. The molecule has 31 heavy (non-hydrogen) atoms. The number of aromatic nitrogens is 2. The molecule has 7 heteroatoms. The number of aliphatic hydroxyl groups excluding tert-OH is 1. The predicted molar refractivity (Wildman–Crippen MR) is 114 cm³/mol. The van der Waals surface area contributed by atoms with Crippen molar-refractivity contribution in [2.75, 3.05) is 6.54 Å². The molecule has 1 unspecified atom stereocenters. The van der Waals surface area contributed by atoms with Gasteiger partial charge in [0.15, 0.2) is 0 Å². The number of hydrogen-bond donors (Lipinski definition) is 2. The van der Waals surface area contributed by atoms with Crippen LogP contribution in [-0.2, 0) is 17.9 Å². The van der Waals surface area contributed by atoms with Gasteiger partial charge in [-0.3, -0.25) is 9.97 Å². The highest BCUT2D eigenvalue weighted by molar-refractivity contribution is 5.93. The van der Waals surface area contributed by atoms with Crippen LogP contribution < -0.4 is 5.32 Å². The molecule has 2 N–H and O–H groups in total. The largest absolute Gasteiger partial charge is 0.457 e. The first kappa shape index (κ1) is 20.7. The number of nitrogens with zero attached hydrogens (tertiary/aromatic N) is 3. The van der Waals surface area contributed by atoms with Crippen molar-refractivity contribution in [1.82, 2.24) is 15.3 Å². The summed E-state index contributed by atoms with van der Waals surface area (Å²) >= 11 is 0. The Hall–Kier alpha value is -3.60. The van der Waals surface area contributed by atoms with E-state index >= 15 is 0 Å². The molecular weight excluding hydrogens is 392 g/mol. The van der Waals surface area contributed by atoms with E-state index in [4.69, 9.17) is 10.00 Å². The number of cyclic esters (lactones) is 1. The van der Waals surface area contributed by atoms with E-state index in [1.165, 1.54) is 0 Å². The zero-order chi connectivity index (χ0) is 22.0. The Labute approximate surface area is 180 Å².